The van der Waals surface area contributed by atoms with Crippen LogP contribution in [0.2, 0.25) is 0 Å². The molecule has 0 unspecified atom stereocenters. The second-order valence-electron chi connectivity index (χ2n) is 4.30. The number of hydrogen-bond acceptors (Lipinski definition) is 2. The van der Waals surface area contributed by atoms with Gasteiger partial charge in [0, 0.05) is 13.6 Å². The molecule has 4 nitrogen and oxygen atoms in total. The van der Waals surface area contributed by atoms with E-state index in [0.29, 0.717) is 12.5 Å². The normalized spacial score (nSPS) is 12.1. The van der Waals surface area contributed by atoms with Crippen molar-refractivity contribution in [3.63, 3.8) is 0 Å². The topological polar surface area (TPSA) is 45.7 Å². The average molecular weight is 303 g/mol. The number of nitrogens with one attached hydrogen (secondary N) is 2. The molecular formula is C14H20F3N3O. The fourth-order valence-electron chi connectivity index (χ4n) is 1.56. The fourth-order valence-corrected chi connectivity index (χ4v) is 1.56. The number of nitrogens with zero attached hydrogens (tertiary/aromatic N) is 1. The molecule has 1 rings (SSSR count). The molecular weight excluding hydrogens is 283 g/mol. The molecule has 0 aliphatic rings. The molecule has 0 amide bonds. The number of rotatable bonds is 6. The molecule has 1 aromatic carbocycles. The summed E-state index contributed by atoms with van der Waals surface area (Å²) in [5, 5.41) is 6.09. The summed E-state index contributed by atoms with van der Waals surface area (Å²) in [6, 6.07) is 4.83. The number of ether oxygens (including phenoxy) is 1. The standard InChI is InChI=1S/C14H20F3N3O/c1-3-7-19-13(18-2)20-8-9-21-12-6-4-5-11(10-12)14(15,16)17/h4-6,10H,3,7-9H2,1-2H3,(H2,18,19,20). The summed E-state index contributed by atoms with van der Waals surface area (Å²) < 4.78 is 42.9. The van der Waals surface area contributed by atoms with Crippen molar-refractivity contribution in [1.82, 2.24) is 10.6 Å². The fraction of sp³-hybridized carbons (Fsp3) is 0.500. The predicted octanol–water partition coefficient (Wildman–Crippen LogP) is 2.66. The van der Waals surface area contributed by atoms with E-state index in [0.717, 1.165) is 25.1 Å². The second kappa shape index (κ2) is 8.39. The smallest absolute Gasteiger partial charge is 0.416 e. The number of guanidine groups is 1. The van der Waals surface area contributed by atoms with Crippen LogP contribution in [0.25, 0.3) is 0 Å². The van der Waals surface area contributed by atoms with Crippen molar-refractivity contribution in [3.05, 3.63) is 29.8 Å². The molecule has 0 fully saturated rings. The van der Waals surface area contributed by atoms with Gasteiger partial charge in [0.25, 0.3) is 0 Å². The van der Waals surface area contributed by atoms with E-state index in [9.17, 15) is 13.2 Å². The highest BCUT2D eigenvalue weighted by molar-refractivity contribution is 5.79. The zero-order valence-corrected chi connectivity index (χ0v) is 12.1. The Morgan fingerprint density at radius 3 is 2.57 bits per heavy atom. The highest BCUT2D eigenvalue weighted by Gasteiger charge is 2.30. The molecule has 2 N–H and O–H groups in total. The van der Waals surface area contributed by atoms with Gasteiger partial charge >= 0.3 is 6.18 Å². The van der Waals surface area contributed by atoms with Crippen molar-refractivity contribution in [2.75, 3.05) is 26.7 Å². The van der Waals surface area contributed by atoms with Gasteiger partial charge in [-0.1, -0.05) is 13.0 Å². The van der Waals surface area contributed by atoms with Crippen LogP contribution in [0.5, 0.6) is 5.75 Å². The molecule has 0 spiro atoms. The molecule has 0 radical (unpaired) electrons. The molecule has 118 valence electrons. The van der Waals surface area contributed by atoms with Crippen LogP contribution in [0.15, 0.2) is 29.3 Å². The first-order chi connectivity index (χ1) is 9.97. The predicted molar refractivity (Wildman–Crippen MR) is 76.6 cm³/mol. The third-order valence-corrected chi connectivity index (χ3v) is 2.59. The van der Waals surface area contributed by atoms with Crippen molar-refractivity contribution in [2.24, 2.45) is 4.99 Å². The first-order valence-electron chi connectivity index (χ1n) is 6.72. The lowest BCUT2D eigenvalue weighted by Gasteiger charge is -2.13. The minimum absolute atomic E-state index is 0.197. The molecule has 21 heavy (non-hydrogen) atoms. The van der Waals surface area contributed by atoms with E-state index < -0.39 is 11.7 Å². The van der Waals surface area contributed by atoms with Gasteiger partial charge in [-0.3, -0.25) is 4.99 Å². The van der Waals surface area contributed by atoms with Crippen LogP contribution >= 0.6 is 0 Å². The Labute approximate surface area is 122 Å². The van der Waals surface area contributed by atoms with Crippen LogP contribution in [-0.2, 0) is 6.18 Å². The Bertz CT molecular complexity index is 461. The van der Waals surface area contributed by atoms with Gasteiger partial charge in [-0.25, -0.2) is 0 Å². The van der Waals surface area contributed by atoms with Crippen molar-refractivity contribution >= 4 is 5.96 Å². The van der Waals surface area contributed by atoms with Crippen LogP contribution in [0.1, 0.15) is 18.9 Å². The van der Waals surface area contributed by atoms with E-state index in [2.05, 4.69) is 15.6 Å². The monoisotopic (exact) mass is 303 g/mol. The maximum Gasteiger partial charge on any atom is 0.416 e. The first kappa shape index (κ1) is 17.1. The van der Waals surface area contributed by atoms with Crippen molar-refractivity contribution in [1.29, 1.82) is 0 Å². The molecule has 0 aliphatic carbocycles. The minimum Gasteiger partial charge on any atom is -0.492 e. The molecule has 0 heterocycles. The van der Waals surface area contributed by atoms with Gasteiger partial charge in [0.15, 0.2) is 5.96 Å². The van der Waals surface area contributed by atoms with Crippen molar-refractivity contribution < 1.29 is 17.9 Å². The van der Waals surface area contributed by atoms with Gasteiger partial charge in [-0.2, -0.15) is 13.2 Å². The van der Waals surface area contributed by atoms with Crippen LogP contribution in [0.3, 0.4) is 0 Å². The third kappa shape index (κ3) is 6.37. The van der Waals surface area contributed by atoms with Crippen molar-refractivity contribution in [3.8, 4) is 5.75 Å². The van der Waals surface area contributed by atoms with Gasteiger partial charge in [-0.15, -0.1) is 0 Å². The second-order valence-corrected chi connectivity index (χ2v) is 4.30. The average Bonchev–Trinajstić information content (AvgIpc) is 2.46. The van der Waals surface area contributed by atoms with Gasteiger partial charge < -0.3 is 15.4 Å². The molecule has 7 heteroatoms. The third-order valence-electron chi connectivity index (χ3n) is 2.59. The van der Waals surface area contributed by atoms with Crippen molar-refractivity contribution in [2.45, 2.75) is 19.5 Å². The molecule has 0 bridgehead atoms. The number of benzene rings is 1. The van der Waals surface area contributed by atoms with Crippen LogP contribution in [-0.4, -0.2) is 32.7 Å². The number of hydrogen-bond donors (Lipinski definition) is 2. The van der Waals surface area contributed by atoms with E-state index in [1.165, 1.54) is 12.1 Å². The number of aliphatic imine (C=N–C) groups is 1. The Balaban J connectivity index is 2.39. The Hall–Kier alpha value is -1.92. The molecule has 0 saturated heterocycles. The molecule has 0 aliphatic heterocycles. The largest absolute Gasteiger partial charge is 0.492 e. The van der Waals surface area contributed by atoms with Gasteiger partial charge in [0.2, 0.25) is 0 Å². The zero-order valence-electron chi connectivity index (χ0n) is 12.1. The van der Waals surface area contributed by atoms with Gasteiger partial charge in [0.05, 0.1) is 12.1 Å². The van der Waals surface area contributed by atoms with E-state index in [4.69, 9.17) is 4.74 Å². The van der Waals surface area contributed by atoms with E-state index in [-0.39, 0.29) is 12.4 Å². The molecule has 1 aromatic rings. The molecule has 0 saturated carbocycles. The number of alkyl halides is 3. The maximum absolute atomic E-state index is 12.5. The minimum atomic E-state index is -4.36. The number of halogens is 3. The van der Waals surface area contributed by atoms with E-state index >= 15 is 0 Å². The summed E-state index contributed by atoms with van der Waals surface area (Å²) in [5.41, 5.74) is -0.714. The lowest BCUT2D eigenvalue weighted by atomic mass is 10.2. The highest BCUT2D eigenvalue weighted by Crippen LogP contribution is 2.31. The first-order valence-corrected chi connectivity index (χ1v) is 6.72. The lowest BCUT2D eigenvalue weighted by molar-refractivity contribution is -0.137. The molecule has 0 atom stereocenters. The zero-order chi connectivity index (χ0) is 15.7. The summed E-state index contributed by atoms with van der Waals surface area (Å²) in [6.07, 6.45) is -3.38. The van der Waals surface area contributed by atoms with Crippen LogP contribution in [0.4, 0.5) is 13.2 Å². The van der Waals surface area contributed by atoms with Gasteiger partial charge in [0.1, 0.15) is 12.4 Å². The van der Waals surface area contributed by atoms with Gasteiger partial charge in [-0.05, 0) is 24.6 Å². The Morgan fingerprint density at radius 2 is 1.95 bits per heavy atom. The summed E-state index contributed by atoms with van der Waals surface area (Å²) in [6.45, 7) is 3.53. The van der Waals surface area contributed by atoms with Crippen LogP contribution in [0, 0.1) is 0 Å². The van der Waals surface area contributed by atoms with E-state index in [1.807, 2.05) is 6.92 Å². The summed E-state index contributed by atoms with van der Waals surface area (Å²) in [5.74, 6) is 0.840. The maximum atomic E-state index is 12.5. The quantitative estimate of drug-likeness (QED) is 0.482. The molecule has 0 aromatic heterocycles. The Morgan fingerprint density at radius 1 is 1.24 bits per heavy atom. The SMILES string of the molecule is CCCNC(=NC)NCCOc1cccc(C(F)(F)F)c1. The highest BCUT2D eigenvalue weighted by atomic mass is 19.4. The summed E-state index contributed by atoms with van der Waals surface area (Å²) in [4.78, 5) is 4.01. The van der Waals surface area contributed by atoms with E-state index in [1.54, 1.807) is 7.05 Å². The summed E-state index contributed by atoms with van der Waals surface area (Å²) in [7, 11) is 1.65. The van der Waals surface area contributed by atoms with Crippen LogP contribution < -0.4 is 15.4 Å². The Kier molecular flexibility index (Phi) is 6.84. The summed E-state index contributed by atoms with van der Waals surface area (Å²) >= 11 is 0. The lowest BCUT2D eigenvalue weighted by Crippen LogP contribution is -2.39.